The van der Waals surface area contributed by atoms with Crippen LogP contribution in [0.3, 0.4) is 0 Å². The van der Waals surface area contributed by atoms with E-state index in [2.05, 4.69) is 94.1 Å². The molecule has 0 spiro atoms. The highest BCUT2D eigenvalue weighted by molar-refractivity contribution is 6.13. The Hall–Kier alpha value is -7.39. The average Bonchev–Trinajstić information content (AvgIpc) is 3.70. The van der Waals surface area contributed by atoms with Crippen LogP contribution < -0.4 is 0 Å². The predicted molar refractivity (Wildman–Crippen MR) is 200 cm³/mol. The summed E-state index contributed by atoms with van der Waals surface area (Å²) < 4.78 is 4.37. The Balaban J connectivity index is 1.25. The first-order valence-electron chi connectivity index (χ1n) is 16.3. The molecule has 9 rings (SSSR count). The van der Waals surface area contributed by atoms with Gasteiger partial charge in [-0.3, -0.25) is 0 Å². The lowest BCUT2D eigenvalue weighted by atomic mass is 9.94. The van der Waals surface area contributed by atoms with E-state index in [1.165, 1.54) is 0 Å². The molecule has 0 unspecified atom stereocenters. The average molecular weight is 636 g/mol. The van der Waals surface area contributed by atoms with Crippen LogP contribution in [0.4, 0.5) is 0 Å². The van der Waals surface area contributed by atoms with Crippen molar-refractivity contribution in [3.05, 3.63) is 168 Å². The second-order valence-electron chi connectivity index (χ2n) is 12.3. The van der Waals surface area contributed by atoms with E-state index in [4.69, 9.17) is 0 Å². The van der Waals surface area contributed by atoms with Crippen LogP contribution in [0.25, 0.3) is 77.2 Å². The zero-order valence-electron chi connectivity index (χ0n) is 26.7. The highest BCUT2D eigenvalue weighted by Gasteiger charge is 2.20. The van der Waals surface area contributed by atoms with Gasteiger partial charge in [0.1, 0.15) is 6.07 Å². The lowest BCUT2D eigenvalue weighted by Gasteiger charge is -2.16. The Morgan fingerprint density at radius 2 is 0.980 bits per heavy atom. The molecule has 0 bridgehead atoms. The molecular weight excluding hydrogens is 611 g/mol. The molecule has 0 radical (unpaired) electrons. The molecule has 5 nitrogen and oxygen atoms in total. The van der Waals surface area contributed by atoms with Crippen LogP contribution >= 0.6 is 0 Å². The third kappa shape index (κ3) is 4.24. The molecule has 5 heteroatoms. The summed E-state index contributed by atoms with van der Waals surface area (Å²) in [5.74, 6) is 0. The van der Waals surface area contributed by atoms with Crippen molar-refractivity contribution in [2.24, 2.45) is 0 Å². The number of hydrogen-bond acceptors (Lipinski definition) is 3. The van der Waals surface area contributed by atoms with Gasteiger partial charge in [-0.05, 0) is 71.8 Å². The molecule has 0 fully saturated rings. The second-order valence-corrected chi connectivity index (χ2v) is 12.3. The topological polar surface area (TPSA) is 81.2 Å². The van der Waals surface area contributed by atoms with E-state index in [9.17, 15) is 15.8 Å². The van der Waals surface area contributed by atoms with Crippen molar-refractivity contribution in [1.29, 1.82) is 15.8 Å². The van der Waals surface area contributed by atoms with Gasteiger partial charge in [0.05, 0.1) is 62.3 Å². The maximum Gasteiger partial charge on any atom is 0.102 e. The fraction of sp³-hybridized carbons (Fsp3) is 0. The first-order valence-corrected chi connectivity index (χ1v) is 16.3. The van der Waals surface area contributed by atoms with Gasteiger partial charge in [-0.2, -0.15) is 15.8 Å². The van der Waals surface area contributed by atoms with Crippen molar-refractivity contribution in [2.45, 2.75) is 0 Å². The van der Waals surface area contributed by atoms with Crippen LogP contribution in [-0.4, -0.2) is 9.13 Å². The van der Waals surface area contributed by atoms with E-state index >= 15 is 0 Å². The number of hydrogen-bond donors (Lipinski definition) is 0. The molecule has 230 valence electrons. The summed E-state index contributed by atoms with van der Waals surface area (Å²) in [4.78, 5) is 0. The Kier molecular flexibility index (Phi) is 6.56. The minimum absolute atomic E-state index is 0.543. The summed E-state index contributed by atoms with van der Waals surface area (Å²) >= 11 is 0. The first kappa shape index (κ1) is 28.8. The minimum atomic E-state index is 0.543. The number of para-hydroxylation sites is 3. The van der Waals surface area contributed by atoms with Gasteiger partial charge in [0.2, 0.25) is 0 Å². The quantitative estimate of drug-likeness (QED) is 0.193. The zero-order valence-corrected chi connectivity index (χ0v) is 26.7. The highest BCUT2D eigenvalue weighted by Crippen LogP contribution is 2.40. The van der Waals surface area contributed by atoms with Crippen molar-refractivity contribution < 1.29 is 0 Å². The molecule has 0 aliphatic rings. The molecular formula is C45H25N5. The molecule has 2 aromatic heterocycles. The Bertz CT molecular complexity index is 2920. The first-order chi connectivity index (χ1) is 24.7. The predicted octanol–water partition coefficient (Wildman–Crippen LogP) is 10.8. The molecule has 7 aromatic carbocycles. The zero-order chi connectivity index (χ0) is 33.8. The number of fused-ring (bicyclic) bond motifs is 6. The fourth-order valence-electron chi connectivity index (χ4n) is 7.53. The maximum absolute atomic E-state index is 10.7. The number of aromatic nitrogens is 2. The Morgan fingerprint density at radius 1 is 0.400 bits per heavy atom. The largest absolute Gasteiger partial charge is 0.309 e. The van der Waals surface area contributed by atoms with Gasteiger partial charge >= 0.3 is 0 Å². The summed E-state index contributed by atoms with van der Waals surface area (Å²) in [5.41, 5.74) is 11.2. The van der Waals surface area contributed by atoms with Crippen molar-refractivity contribution in [3.63, 3.8) is 0 Å². The van der Waals surface area contributed by atoms with Gasteiger partial charge in [0.15, 0.2) is 0 Å². The molecule has 2 heterocycles. The lowest BCUT2D eigenvalue weighted by Crippen LogP contribution is -2.00. The van der Waals surface area contributed by atoms with Crippen LogP contribution in [0.5, 0.6) is 0 Å². The molecule has 0 N–H and O–H groups in total. The van der Waals surface area contributed by atoms with Gasteiger partial charge in [0.25, 0.3) is 0 Å². The fourth-order valence-corrected chi connectivity index (χ4v) is 7.53. The molecule has 0 saturated carbocycles. The molecule has 50 heavy (non-hydrogen) atoms. The standard InChI is InChI=1S/C45H25N5/c46-26-29-22-23-43-37(24-29)45-32(27-47)12-8-21-44(45)50(43)39-17-4-1-13-34(39)31-11-7-10-30(25-31)33-16-9-20-42(38(33)28-48)49-40-18-5-2-14-35(40)36-15-3-6-19-41(36)49/h1-25H. The lowest BCUT2D eigenvalue weighted by molar-refractivity contribution is 1.17. The number of nitriles is 3. The second kappa shape index (κ2) is 11.4. The van der Waals surface area contributed by atoms with Gasteiger partial charge in [-0.25, -0.2) is 0 Å². The third-order valence-electron chi connectivity index (χ3n) is 9.64. The smallest absolute Gasteiger partial charge is 0.102 e. The SMILES string of the molecule is N#Cc1ccc2c(c1)c1c(C#N)cccc1n2-c1ccccc1-c1cccc(-c2cccc(-n3c4ccccc4c4ccccc43)c2C#N)c1. The number of rotatable bonds is 4. The van der Waals surface area contributed by atoms with E-state index in [0.29, 0.717) is 16.7 Å². The summed E-state index contributed by atoms with van der Waals surface area (Å²) in [7, 11) is 0. The van der Waals surface area contributed by atoms with E-state index < -0.39 is 0 Å². The van der Waals surface area contributed by atoms with Crippen LogP contribution in [0, 0.1) is 34.0 Å². The van der Waals surface area contributed by atoms with Crippen molar-refractivity contribution in [3.8, 4) is 51.8 Å². The van der Waals surface area contributed by atoms with E-state index in [1.54, 1.807) is 0 Å². The van der Waals surface area contributed by atoms with Crippen molar-refractivity contribution >= 4 is 43.6 Å². The van der Waals surface area contributed by atoms with E-state index in [-0.39, 0.29) is 0 Å². The normalized spacial score (nSPS) is 11.1. The van der Waals surface area contributed by atoms with Gasteiger partial charge in [0, 0.05) is 32.7 Å². The molecule has 0 amide bonds. The number of benzene rings is 7. The summed E-state index contributed by atoms with van der Waals surface area (Å²) in [6.07, 6.45) is 0. The van der Waals surface area contributed by atoms with E-state index in [1.807, 2.05) is 84.9 Å². The van der Waals surface area contributed by atoms with Crippen LogP contribution in [0.2, 0.25) is 0 Å². The molecule has 0 saturated heterocycles. The van der Waals surface area contributed by atoms with Gasteiger partial charge in [-0.1, -0.05) is 91.0 Å². The molecule has 9 aromatic rings. The minimum Gasteiger partial charge on any atom is -0.309 e. The van der Waals surface area contributed by atoms with E-state index in [0.717, 1.165) is 77.2 Å². The Morgan fingerprint density at radius 3 is 1.72 bits per heavy atom. The van der Waals surface area contributed by atoms with Gasteiger partial charge < -0.3 is 9.13 Å². The van der Waals surface area contributed by atoms with Crippen molar-refractivity contribution in [2.75, 3.05) is 0 Å². The highest BCUT2D eigenvalue weighted by atomic mass is 15.0. The molecule has 0 aliphatic heterocycles. The number of nitrogens with zero attached hydrogens (tertiary/aromatic N) is 5. The summed E-state index contributed by atoms with van der Waals surface area (Å²) in [5, 5.41) is 34.4. The van der Waals surface area contributed by atoms with Crippen LogP contribution in [-0.2, 0) is 0 Å². The van der Waals surface area contributed by atoms with Crippen LogP contribution in [0.15, 0.2) is 152 Å². The summed E-state index contributed by atoms with van der Waals surface area (Å²) in [6.45, 7) is 0. The monoisotopic (exact) mass is 635 g/mol. The van der Waals surface area contributed by atoms with Gasteiger partial charge in [-0.15, -0.1) is 0 Å². The van der Waals surface area contributed by atoms with Crippen LogP contribution in [0.1, 0.15) is 16.7 Å². The summed E-state index contributed by atoms with van der Waals surface area (Å²) in [6, 6.07) is 57.8. The molecule has 0 aliphatic carbocycles. The maximum atomic E-state index is 10.7. The molecule has 0 atom stereocenters. The third-order valence-corrected chi connectivity index (χ3v) is 9.64. The Labute approximate surface area is 287 Å². The van der Waals surface area contributed by atoms with Crippen molar-refractivity contribution in [1.82, 2.24) is 9.13 Å².